The number of carboxylic acids is 1. The fourth-order valence-corrected chi connectivity index (χ4v) is 5.13. The Morgan fingerprint density at radius 1 is 1.31 bits per heavy atom. The molecule has 29 heavy (non-hydrogen) atoms. The third-order valence-electron chi connectivity index (χ3n) is 5.96. The minimum absolute atomic E-state index is 0.0931. The standard InChI is InChI=1S/C19H20BrN3O6/c1-29-7-6-23-16(26)14-12(4-5-13(24)25)22-19(15(14)17(23)27)10-8-9(20)2-3-11(10)21-18(19)28/h2-3,8,12,14-15,22H,4-7H2,1H3,(H,21,28)(H,24,25)/t12-,14-,15+,19-/m1/s1. The van der Waals surface area contributed by atoms with Gasteiger partial charge in [-0.15, -0.1) is 0 Å². The van der Waals surface area contributed by atoms with Gasteiger partial charge in [0.1, 0.15) is 5.54 Å². The van der Waals surface area contributed by atoms with E-state index in [1.807, 2.05) is 0 Å². The maximum atomic E-state index is 13.3. The van der Waals surface area contributed by atoms with Gasteiger partial charge in [-0.3, -0.25) is 29.4 Å². The highest BCUT2D eigenvalue weighted by atomic mass is 79.9. The van der Waals surface area contributed by atoms with Crippen LogP contribution in [-0.2, 0) is 29.5 Å². The van der Waals surface area contributed by atoms with Crippen LogP contribution in [0, 0.1) is 11.8 Å². The predicted molar refractivity (Wildman–Crippen MR) is 104 cm³/mol. The number of aliphatic carboxylic acids is 1. The number of hydrogen-bond acceptors (Lipinski definition) is 6. The molecular formula is C19H20BrN3O6. The average Bonchev–Trinajstić information content (AvgIpc) is 3.24. The van der Waals surface area contributed by atoms with Crippen molar-refractivity contribution in [1.29, 1.82) is 0 Å². The van der Waals surface area contributed by atoms with Crippen molar-refractivity contribution in [2.24, 2.45) is 11.8 Å². The van der Waals surface area contributed by atoms with Crippen molar-refractivity contribution in [2.45, 2.75) is 24.4 Å². The molecule has 4 atom stereocenters. The minimum Gasteiger partial charge on any atom is -0.481 e. The largest absolute Gasteiger partial charge is 0.481 e. The first-order valence-corrected chi connectivity index (χ1v) is 10.1. The SMILES string of the molecule is COCCN1C(=O)[C@H]2[C@@H](C1=O)[C@@]1(N[C@@H]2CCC(=O)O)C(=O)Nc2ccc(Br)cc21. The van der Waals surface area contributed by atoms with Gasteiger partial charge in [-0.05, 0) is 24.6 Å². The number of methoxy groups -OCH3 is 1. The summed E-state index contributed by atoms with van der Waals surface area (Å²) < 4.78 is 5.74. The van der Waals surface area contributed by atoms with Crippen LogP contribution in [0.25, 0.3) is 0 Å². The molecule has 3 amide bonds. The number of halogens is 1. The number of nitrogens with zero attached hydrogens (tertiary/aromatic N) is 1. The van der Waals surface area contributed by atoms with E-state index < -0.39 is 47.1 Å². The lowest BCUT2D eigenvalue weighted by molar-refractivity contribution is -0.144. The number of likely N-dealkylation sites (tertiary alicyclic amines) is 1. The summed E-state index contributed by atoms with van der Waals surface area (Å²) in [6.07, 6.45) is -0.0462. The molecule has 2 saturated heterocycles. The third-order valence-corrected chi connectivity index (χ3v) is 6.45. The zero-order valence-corrected chi connectivity index (χ0v) is 17.2. The van der Waals surface area contributed by atoms with Crippen LogP contribution in [0.5, 0.6) is 0 Å². The second-order valence-corrected chi connectivity index (χ2v) is 8.38. The summed E-state index contributed by atoms with van der Waals surface area (Å²) in [7, 11) is 1.47. The van der Waals surface area contributed by atoms with E-state index in [0.717, 1.165) is 9.37 Å². The summed E-state index contributed by atoms with van der Waals surface area (Å²) in [6, 6.07) is 4.65. The van der Waals surface area contributed by atoms with Gasteiger partial charge in [0.25, 0.3) is 0 Å². The van der Waals surface area contributed by atoms with E-state index in [-0.39, 0.29) is 26.0 Å². The Kier molecular flexibility index (Phi) is 4.96. The Morgan fingerprint density at radius 3 is 2.76 bits per heavy atom. The van der Waals surface area contributed by atoms with Crippen LogP contribution >= 0.6 is 15.9 Å². The molecule has 1 aromatic rings. The average molecular weight is 466 g/mol. The Labute approximate surface area is 174 Å². The van der Waals surface area contributed by atoms with Crippen molar-refractivity contribution in [3.05, 3.63) is 28.2 Å². The molecule has 2 fully saturated rings. The van der Waals surface area contributed by atoms with Gasteiger partial charge in [0.15, 0.2) is 0 Å². The molecule has 154 valence electrons. The van der Waals surface area contributed by atoms with Crippen LogP contribution < -0.4 is 10.6 Å². The van der Waals surface area contributed by atoms with E-state index in [9.17, 15) is 19.2 Å². The van der Waals surface area contributed by atoms with Crippen molar-refractivity contribution in [3.63, 3.8) is 0 Å². The van der Waals surface area contributed by atoms with Gasteiger partial charge in [-0.2, -0.15) is 0 Å². The van der Waals surface area contributed by atoms with Gasteiger partial charge in [-0.25, -0.2) is 0 Å². The highest BCUT2D eigenvalue weighted by Gasteiger charge is 2.70. The number of imide groups is 1. The fraction of sp³-hybridized carbons (Fsp3) is 0.474. The normalized spacial score (nSPS) is 30.1. The van der Waals surface area contributed by atoms with Crippen molar-refractivity contribution in [1.82, 2.24) is 10.2 Å². The summed E-state index contributed by atoms with van der Waals surface area (Å²) in [5.41, 5.74) is -0.264. The number of ether oxygens (including phenoxy) is 1. The van der Waals surface area contributed by atoms with E-state index in [1.54, 1.807) is 18.2 Å². The number of rotatable bonds is 6. The maximum absolute atomic E-state index is 13.3. The second-order valence-electron chi connectivity index (χ2n) is 7.46. The molecule has 0 aromatic heterocycles. The lowest BCUT2D eigenvalue weighted by Gasteiger charge is -2.29. The highest BCUT2D eigenvalue weighted by Crippen LogP contribution is 2.53. The topological polar surface area (TPSA) is 125 Å². The molecule has 3 heterocycles. The first kappa shape index (κ1) is 20.0. The highest BCUT2D eigenvalue weighted by molar-refractivity contribution is 9.10. The molecular weight excluding hydrogens is 446 g/mol. The Hall–Kier alpha value is -2.30. The van der Waals surface area contributed by atoms with Gasteiger partial charge < -0.3 is 15.2 Å². The van der Waals surface area contributed by atoms with Crippen molar-refractivity contribution in [2.75, 3.05) is 25.6 Å². The van der Waals surface area contributed by atoms with Crippen LogP contribution in [0.1, 0.15) is 18.4 Å². The van der Waals surface area contributed by atoms with E-state index in [1.165, 1.54) is 7.11 Å². The third kappa shape index (κ3) is 2.89. The van der Waals surface area contributed by atoms with Crippen LogP contribution in [0.2, 0.25) is 0 Å². The molecule has 3 aliphatic heterocycles. The maximum Gasteiger partial charge on any atom is 0.303 e. The number of benzene rings is 1. The Morgan fingerprint density at radius 2 is 2.07 bits per heavy atom. The number of carbonyl (C=O) groups is 4. The molecule has 3 N–H and O–H groups in total. The van der Waals surface area contributed by atoms with Gasteiger partial charge in [0.05, 0.1) is 25.0 Å². The molecule has 9 nitrogen and oxygen atoms in total. The van der Waals surface area contributed by atoms with Gasteiger partial charge in [0, 0.05) is 35.3 Å². The van der Waals surface area contributed by atoms with Gasteiger partial charge >= 0.3 is 5.97 Å². The number of amides is 3. The summed E-state index contributed by atoms with van der Waals surface area (Å²) in [5, 5.41) is 15.1. The molecule has 0 aliphatic carbocycles. The predicted octanol–water partition coefficient (Wildman–Crippen LogP) is 0.681. The molecule has 0 unspecified atom stereocenters. The van der Waals surface area contributed by atoms with Gasteiger partial charge in [-0.1, -0.05) is 15.9 Å². The van der Waals surface area contributed by atoms with Crippen LogP contribution in [0.3, 0.4) is 0 Å². The lowest BCUT2D eigenvalue weighted by Crippen LogP contribution is -2.53. The molecule has 0 radical (unpaired) electrons. The van der Waals surface area contributed by atoms with E-state index in [0.29, 0.717) is 11.3 Å². The molecule has 0 bridgehead atoms. The Bertz CT molecular complexity index is 921. The zero-order chi connectivity index (χ0) is 20.9. The fourth-order valence-electron chi connectivity index (χ4n) is 4.76. The lowest BCUT2D eigenvalue weighted by atomic mass is 9.76. The molecule has 1 spiro atoms. The second kappa shape index (κ2) is 7.19. The quantitative estimate of drug-likeness (QED) is 0.527. The van der Waals surface area contributed by atoms with Crippen LogP contribution in [0.4, 0.5) is 5.69 Å². The Balaban J connectivity index is 1.81. The molecule has 3 aliphatic rings. The van der Waals surface area contributed by atoms with Crippen molar-refractivity contribution < 1.29 is 29.0 Å². The first-order valence-electron chi connectivity index (χ1n) is 9.26. The zero-order valence-electron chi connectivity index (χ0n) is 15.6. The summed E-state index contributed by atoms with van der Waals surface area (Å²) in [4.78, 5) is 51.8. The molecule has 10 heteroatoms. The molecule has 4 rings (SSSR count). The number of carboxylic acid groups (broad SMARTS) is 1. The van der Waals surface area contributed by atoms with E-state index in [2.05, 4.69) is 26.6 Å². The smallest absolute Gasteiger partial charge is 0.303 e. The van der Waals surface area contributed by atoms with Crippen LogP contribution in [-0.4, -0.2) is 60.0 Å². The minimum atomic E-state index is -1.42. The van der Waals surface area contributed by atoms with Crippen molar-refractivity contribution >= 4 is 45.3 Å². The van der Waals surface area contributed by atoms with Crippen LogP contribution in [0.15, 0.2) is 22.7 Å². The first-order chi connectivity index (χ1) is 13.8. The summed E-state index contributed by atoms with van der Waals surface area (Å²) >= 11 is 3.40. The summed E-state index contributed by atoms with van der Waals surface area (Å²) in [6.45, 7) is 0.279. The molecule has 0 saturated carbocycles. The summed E-state index contributed by atoms with van der Waals surface area (Å²) in [5.74, 6) is -4.00. The van der Waals surface area contributed by atoms with E-state index >= 15 is 0 Å². The number of hydrogen-bond donors (Lipinski definition) is 3. The number of carbonyl (C=O) groups excluding carboxylic acids is 3. The monoisotopic (exact) mass is 465 g/mol. The molecule has 1 aromatic carbocycles. The van der Waals surface area contributed by atoms with E-state index in [4.69, 9.17) is 9.84 Å². The number of fused-ring (bicyclic) bond motifs is 4. The van der Waals surface area contributed by atoms with Crippen molar-refractivity contribution in [3.8, 4) is 0 Å². The number of nitrogens with one attached hydrogen (secondary N) is 2. The number of anilines is 1. The van der Waals surface area contributed by atoms with Gasteiger partial charge in [0.2, 0.25) is 17.7 Å².